The molecule has 39 heavy (non-hydrogen) atoms. The topological polar surface area (TPSA) is 0 Å². The van der Waals surface area contributed by atoms with Crippen LogP contribution in [0.1, 0.15) is 41.2 Å². The van der Waals surface area contributed by atoms with Gasteiger partial charge in [-0.25, -0.2) is 0 Å². The highest BCUT2D eigenvalue weighted by Crippen LogP contribution is 2.35. The summed E-state index contributed by atoms with van der Waals surface area (Å²) in [4.78, 5) is 1.32. The van der Waals surface area contributed by atoms with Gasteiger partial charge in [0, 0.05) is 10.6 Å². The summed E-state index contributed by atoms with van der Waals surface area (Å²) in [5.74, 6) is 0.967. The van der Waals surface area contributed by atoms with Crippen LogP contribution in [-0.2, 0) is 0 Å². The van der Waals surface area contributed by atoms with Gasteiger partial charge in [0.2, 0.25) is 0 Å². The predicted octanol–water partition coefficient (Wildman–Crippen LogP) is 11.0. The van der Waals surface area contributed by atoms with Crippen molar-refractivity contribution in [2.75, 3.05) is 5.75 Å². The molecule has 0 saturated heterocycles. The van der Waals surface area contributed by atoms with Gasteiger partial charge in [-0.05, 0) is 78.3 Å². The van der Waals surface area contributed by atoms with Crippen LogP contribution < -0.4 is 0 Å². The Labute approximate surface area is 238 Å². The molecule has 5 rings (SSSR count). The Kier molecular flexibility index (Phi) is 8.49. The molecule has 0 heterocycles. The monoisotopic (exact) mass is 524 g/mol. The maximum atomic E-state index is 2.30. The van der Waals surface area contributed by atoms with Crippen molar-refractivity contribution in [1.29, 1.82) is 0 Å². The van der Waals surface area contributed by atoms with Gasteiger partial charge in [0.05, 0.1) is 0 Å². The summed E-state index contributed by atoms with van der Waals surface area (Å²) in [7, 11) is 0. The standard InChI is InChI=1S/C38H36S/c1-5-30(26-39-37-14-8-11-29(4)25-37)38(33-19-15-31(16-20-33)35-12-6-9-27(2)23-35)34-21-17-32(18-22-34)36-13-7-10-28(3)24-36/h6-25H,5,26H2,1-4H3. The zero-order valence-electron chi connectivity index (χ0n) is 23.4. The molecule has 0 N–H and O–H groups in total. The molecule has 0 aliphatic carbocycles. The second kappa shape index (κ2) is 12.4. The number of hydrogen-bond acceptors (Lipinski definition) is 1. The van der Waals surface area contributed by atoms with Crippen LogP contribution in [0.15, 0.2) is 132 Å². The predicted molar refractivity (Wildman–Crippen MR) is 171 cm³/mol. The lowest BCUT2D eigenvalue weighted by molar-refractivity contribution is 1.11. The third kappa shape index (κ3) is 6.61. The van der Waals surface area contributed by atoms with Crippen molar-refractivity contribution in [3.63, 3.8) is 0 Å². The molecule has 0 bridgehead atoms. The van der Waals surface area contributed by atoms with Crippen molar-refractivity contribution in [2.45, 2.75) is 39.0 Å². The molecule has 194 valence electrons. The van der Waals surface area contributed by atoms with E-state index in [1.807, 2.05) is 11.8 Å². The Morgan fingerprint density at radius 2 is 0.974 bits per heavy atom. The van der Waals surface area contributed by atoms with Crippen LogP contribution in [0.25, 0.3) is 27.8 Å². The Hall–Kier alpha value is -3.81. The van der Waals surface area contributed by atoms with E-state index in [4.69, 9.17) is 0 Å². The molecule has 0 atom stereocenters. The maximum Gasteiger partial charge on any atom is 0.0200 e. The summed E-state index contributed by atoms with van der Waals surface area (Å²) in [5, 5.41) is 0. The van der Waals surface area contributed by atoms with Gasteiger partial charge in [-0.3, -0.25) is 0 Å². The van der Waals surface area contributed by atoms with Crippen molar-refractivity contribution in [1.82, 2.24) is 0 Å². The summed E-state index contributed by atoms with van der Waals surface area (Å²) in [5.41, 5.74) is 14.3. The van der Waals surface area contributed by atoms with E-state index in [0.29, 0.717) is 0 Å². The summed E-state index contributed by atoms with van der Waals surface area (Å²) >= 11 is 1.93. The van der Waals surface area contributed by atoms with Gasteiger partial charge in [-0.1, -0.05) is 138 Å². The number of thioether (sulfide) groups is 1. The normalized spacial score (nSPS) is 10.9. The Bertz CT molecular complexity index is 1500. The van der Waals surface area contributed by atoms with Gasteiger partial charge in [0.1, 0.15) is 0 Å². The van der Waals surface area contributed by atoms with E-state index in [9.17, 15) is 0 Å². The largest absolute Gasteiger partial charge is 0.122 e. The van der Waals surface area contributed by atoms with Gasteiger partial charge in [0.15, 0.2) is 0 Å². The quantitative estimate of drug-likeness (QED) is 0.182. The van der Waals surface area contributed by atoms with Gasteiger partial charge in [-0.15, -0.1) is 11.8 Å². The van der Waals surface area contributed by atoms with Crippen LogP contribution in [0, 0.1) is 20.8 Å². The fourth-order valence-corrected chi connectivity index (χ4v) is 6.24. The molecule has 0 aliphatic heterocycles. The minimum atomic E-state index is 0.967. The Morgan fingerprint density at radius 1 is 0.513 bits per heavy atom. The second-order valence-electron chi connectivity index (χ2n) is 10.3. The van der Waals surface area contributed by atoms with Crippen molar-refractivity contribution >= 4 is 17.3 Å². The van der Waals surface area contributed by atoms with Gasteiger partial charge in [-0.2, -0.15) is 0 Å². The summed E-state index contributed by atoms with van der Waals surface area (Å²) in [6.45, 7) is 8.75. The summed E-state index contributed by atoms with van der Waals surface area (Å²) in [6, 6.07) is 44.6. The molecule has 0 aromatic heterocycles. The third-order valence-corrected chi connectivity index (χ3v) is 8.31. The van der Waals surface area contributed by atoms with Crippen molar-refractivity contribution in [3.8, 4) is 22.3 Å². The summed E-state index contributed by atoms with van der Waals surface area (Å²) in [6.07, 6.45) is 1.01. The lowest BCUT2D eigenvalue weighted by Gasteiger charge is -2.17. The van der Waals surface area contributed by atoms with Crippen molar-refractivity contribution in [2.24, 2.45) is 0 Å². The van der Waals surface area contributed by atoms with E-state index in [0.717, 1.165) is 12.2 Å². The Morgan fingerprint density at radius 3 is 1.41 bits per heavy atom. The molecule has 0 spiro atoms. The first-order chi connectivity index (χ1) is 19.0. The molecule has 5 aromatic rings. The van der Waals surface area contributed by atoms with E-state index in [2.05, 4.69) is 149 Å². The number of rotatable bonds is 8. The van der Waals surface area contributed by atoms with Gasteiger partial charge < -0.3 is 0 Å². The van der Waals surface area contributed by atoms with Crippen LogP contribution >= 0.6 is 11.8 Å². The van der Waals surface area contributed by atoms with Crippen LogP contribution in [0.4, 0.5) is 0 Å². The van der Waals surface area contributed by atoms with E-state index in [1.165, 1.54) is 66.1 Å². The highest BCUT2D eigenvalue weighted by Gasteiger charge is 2.13. The van der Waals surface area contributed by atoms with Crippen LogP contribution in [0.3, 0.4) is 0 Å². The van der Waals surface area contributed by atoms with Crippen molar-refractivity contribution in [3.05, 3.63) is 155 Å². The SMILES string of the molecule is CCC(CSc1cccc(C)c1)=C(c1ccc(-c2cccc(C)c2)cc1)c1ccc(-c2cccc(C)c2)cc1. The minimum absolute atomic E-state index is 0.967. The van der Waals surface area contributed by atoms with E-state index in [-0.39, 0.29) is 0 Å². The lowest BCUT2D eigenvalue weighted by atomic mass is 9.90. The molecule has 0 saturated carbocycles. The molecule has 0 radical (unpaired) electrons. The van der Waals surface area contributed by atoms with E-state index in [1.54, 1.807) is 0 Å². The average molecular weight is 525 g/mol. The number of hydrogen-bond donors (Lipinski definition) is 0. The van der Waals surface area contributed by atoms with Crippen molar-refractivity contribution < 1.29 is 0 Å². The lowest BCUT2D eigenvalue weighted by Crippen LogP contribution is -1.98. The minimum Gasteiger partial charge on any atom is -0.122 e. The molecule has 0 nitrogen and oxygen atoms in total. The van der Waals surface area contributed by atoms with Gasteiger partial charge in [0.25, 0.3) is 0 Å². The first-order valence-corrected chi connectivity index (χ1v) is 14.7. The number of aryl methyl sites for hydroxylation is 3. The maximum absolute atomic E-state index is 2.30. The first-order valence-electron chi connectivity index (χ1n) is 13.8. The fourth-order valence-electron chi connectivity index (χ4n) is 5.11. The molecule has 0 fully saturated rings. The summed E-state index contributed by atoms with van der Waals surface area (Å²) < 4.78 is 0. The first kappa shape index (κ1) is 26.8. The molecule has 1 heteroatoms. The second-order valence-corrected chi connectivity index (χ2v) is 11.4. The zero-order chi connectivity index (χ0) is 27.2. The van der Waals surface area contributed by atoms with Crippen LogP contribution in [-0.4, -0.2) is 5.75 Å². The zero-order valence-corrected chi connectivity index (χ0v) is 24.2. The smallest absolute Gasteiger partial charge is 0.0200 e. The fraction of sp³-hybridized carbons (Fsp3) is 0.158. The van der Waals surface area contributed by atoms with Gasteiger partial charge >= 0.3 is 0 Å². The van der Waals surface area contributed by atoms with Crippen LogP contribution in [0.2, 0.25) is 0 Å². The molecule has 5 aromatic carbocycles. The average Bonchev–Trinajstić information content (AvgIpc) is 2.96. The van der Waals surface area contributed by atoms with E-state index < -0.39 is 0 Å². The molecule has 0 unspecified atom stereocenters. The molecular formula is C38H36S. The number of benzene rings is 5. The van der Waals surface area contributed by atoms with E-state index >= 15 is 0 Å². The highest BCUT2D eigenvalue weighted by molar-refractivity contribution is 7.99. The van der Waals surface area contributed by atoms with Crippen LogP contribution in [0.5, 0.6) is 0 Å². The molecular weight excluding hydrogens is 488 g/mol. The molecule has 0 amide bonds. The Balaban J connectivity index is 1.54. The molecule has 0 aliphatic rings. The third-order valence-electron chi connectivity index (χ3n) is 7.23. The highest BCUT2D eigenvalue weighted by atomic mass is 32.2.